The van der Waals surface area contributed by atoms with Crippen molar-refractivity contribution in [1.82, 2.24) is 15.5 Å². The molecule has 2 aromatic rings. The molecule has 1 atom stereocenters. The fourth-order valence-corrected chi connectivity index (χ4v) is 4.17. The van der Waals surface area contributed by atoms with E-state index < -0.39 is 11.8 Å². The van der Waals surface area contributed by atoms with Crippen LogP contribution in [0.25, 0.3) is 0 Å². The third-order valence-corrected chi connectivity index (χ3v) is 5.67. The minimum absolute atomic E-state index is 0.137. The van der Waals surface area contributed by atoms with Gasteiger partial charge in [-0.3, -0.25) is 14.5 Å². The van der Waals surface area contributed by atoms with Crippen molar-refractivity contribution in [3.8, 4) is 0 Å². The Morgan fingerprint density at radius 1 is 1.00 bits per heavy atom. The monoisotopic (exact) mass is 385 g/mol. The van der Waals surface area contributed by atoms with Crippen LogP contribution in [0.5, 0.6) is 0 Å². The summed E-state index contributed by atoms with van der Waals surface area (Å²) >= 11 is 1.66. The first kappa shape index (κ1) is 19.6. The van der Waals surface area contributed by atoms with Crippen LogP contribution in [0.15, 0.2) is 47.2 Å². The van der Waals surface area contributed by atoms with Crippen LogP contribution in [-0.4, -0.2) is 42.9 Å². The lowest BCUT2D eigenvalue weighted by Gasteiger charge is -2.34. The number of piperidine rings is 1. The van der Waals surface area contributed by atoms with Gasteiger partial charge in [0.1, 0.15) is 0 Å². The van der Waals surface area contributed by atoms with Gasteiger partial charge in [-0.2, -0.15) is 11.3 Å². The van der Waals surface area contributed by atoms with E-state index >= 15 is 0 Å². The van der Waals surface area contributed by atoms with E-state index in [0.717, 1.165) is 18.7 Å². The van der Waals surface area contributed by atoms with Crippen molar-refractivity contribution in [2.75, 3.05) is 26.2 Å². The average Bonchev–Trinajstić information content (AvgIpc) is 3.24. The summed E-state index contributed by atoms with van der Waals surface area (Å²) in [6.07, 6.45) is 4.36. The molecule has 6 heteroatoms. The zero-order valence-electron chi connectivity index (χ0n) is 15.5. The average molecular weight is 386 g/mol. The van der Waals surface area contributed by atoms with Crippen molar-refractivity contribution < 1.29 is 9.59 Å². The molecule has 2 heterocycles. The maximum absolute atomic E-state index is 12.2. The van der Waals surface area contributed by atoms with Crippen LogP contribution in [0.2, 0.25) is 0 Å². The Balaban J connectivity index is 1.47. The smallest absolute Gasteiger partial charge is 0.309 e. The Bertz CT molecular complexity index is 712. The van der Waals surface area contributed by atoms with Crippen LogP contribution >= 0.6 is 11.3 Å². The van der Waals surface area contributed by atoms with Gasteiger partial charge in [-0.1, -0.05) is 36.8 Å². The topological polar surface area (TPSA) is 61.4 Å². The molecular formula is C21H27N3O2S. The van der Waals surface area contributed by atoms with Crippen molar-refractivity contribution in [2.24, 2.45) is 0 Å². The summed E-state index contributed by atoms with van der Waals surface area (Å²) in [6.45, 7) is 3.00. The number of benzene rings is 1. The summed E-state index contributed by atoms with van der Waals surface area (Å²) in [5, 5.41) is 9.73. The second kappa shape index (κ2) is 10.2. The first-order chi connectivity index (χ1) is 13.2. The summed E-state index contributed by atoms with van der Waals surface area (Å²) in [6, 6.07) is 12.2. The highest BCUT2D eigenvalue weighted by molar-refractivity contribution is 7.08. The summed E-state index contributed by atoms with van der Waals surface area (Å²) in [4.78, 5) is 26.7. The third kappa shape index (κ3) is 5.91. The zero-order valence-corrected chi connectivity index (χ0v) is 16.3. The molecule has 0 aliphatic carbocycles. The first-order valence-corrected chi connectivity index (χ1v) is 10.5. The Hall–Kier alpha value is -2.18. The van der Waals surface area contributed by atoms with Gasteiger partial charge in [-0.25, -0.2) is 0 Å². The lowest BCUT2D eigenvalue weighted by molar-refractivity contribution is -0.139. The molecule has 0 saturated carbocycles. The molecule has 144 valence electrons. The molecule has 3 rings (SSSR count). The summed E-state index contributed by atoms with van der Waals surface area (Å²) < 4.78 is 0. The molecular weight excluding hydrogens is 358 g/mol. The van der Waals surface area contributed by atoms with Gasteiger partial charge in [-0.05, 0) is 60.3 Å². The number of likely N-dealkylation sites (tertiary alicyclic amines) is 1. The van der Waals surface area contributed by atoms with Crippen LogP contribution < -0.4 is 10.6 Å². The lowest BCUT2D eigenvalue weighted by Crippen LogP contribution is -2.45. The number of nitrogens with zero attached hydrogens (tertiary/aromatic N) is 1. The standard InChI is InChI=1S/C21H27N3O2S/c25-20(22-11-9-17-7-3-1-4-8-17)21(26)23-15-19(18-10-14-27-16-18)24-12-5-2-6-13-24/h1,3-4,7-8,10,14,16,19H,2,5-6,9,11-13,15H2,(H,22,25)(H,23,26). The van der Waals surface area contributed by atoms with Gasteiger partial charge in [0.25, 0.3) is 0 Å². The van der Waals surface area contributed by atoms with Gasteiger partial charge in [0, 0.05) is 13.1 Å². The van der Waals surface area contributed by atoms with Crippen LogP contribution in [0.4, 0.5) is 0 Å². The Morgan fingerprint density at radius 2 is 1.74 bits per heavy atom. The van der Waals surface area contributed by atoms with Gasteiger partial charge in [-0.15, -0.1) is 0 Å². The predicted octanol–water partition coefficient (Wildman–Crippen LogP) is 2.75. The van der Waals surface area contributed by atoms with E-state index in [1.165, 1.54) is 24.8 Å². The molecule has 2 amide bonds. The predicted molar refractivity (Wildman–Crippen MR) is 109 cm³/mol. The number of nitrogens with one attached hydrogen (secondary N) is 2. The fraction of sp³-hybridized carbons (Fsp3) is 0.429. The second-order valence-corrected chi connectivity index (χ2v) is 7.65. The van der Waals surface area contributed by atoms with Crippen LogP contribution in [-0.2, 0) is 16.0 Å². The number of thiophene rings is 1. The number of rotatable bonds is 7. The van der Waals surface area contributed by atoms with Crippen molar-refractivity contribution in [3.05, 3.63) is 58.3 Å². The summed E-state index contributed by atoms with van der Waals surface area (Å²) in [5.41, 5.74) is 2.35. The Kier molecular flexibility index (Phi) is 7.42. The number of amides is 2. The summed E-state index contributed by atoms with van der Waals surface area (Å²) in [5.74, 6) is -1.12. The zero-order chi connectivity index (χ0) is 18.9. The van der Waals surface area contributed by atoms with E-state index in [1.54, 1.807) is 11.3 Å². The molecule has 0 radical (unpaired) electrons. The van der Waals surface area contributed by atoms with E-state index in [0.29, 0.717) is 19.5 Å². The first-order valence-electron chi connectivity index (χ1n) is 9.60. The Morgan fingerprint density at radius 3 is 2.44 bits per heavy atom. The molecule has 0 bridgehead atoms. The highest BCUT2D eigenvalue weighted by atomic mass is 32.1. The molecule has 1 saturated heterocycles. The normalized spacial score (nSPS) is 15.9. The SMILES string of the molecule is O=C(NCCc1ccccc1)C(=O)NCC(c1ccsc1)N1CCCCC1. The molecule has 1 aromatic heterocycles. The lowest BCUT2D eigenvalue weighted by atomic mass is 10.0. The highest BCUT2D eigenvalue weighted by Gasteiger charge is 2.24. The number of carbonyl (C=O) groups is 2. The van der Waals surface area contributed by atoms with E-state index in [-0.39, 0.29) is 6.04 Å². The number of hydrogen-bond acceptors (Lipinski definition) is 4. The van der Waals surface area contributed by atoms with Crippen molar-refractivity contribution in [1.29, 1.82) is 0 Å². The molecule has 1 aromatic carbocycles. The number of carbonyl (C=O) groups excluding carboxylic acids is 2. The van der Waals surface area contributed by atoms with Gasteiger partial charge in [0.05, 0.1) is 6.04 Å². The van der Waals surface area contributed by atoms with Crippen molar-refractivity contribution in [2.45, 2.75) is 31.7 Å². The molecule has 0 spiro atoms. The minimum atomic E-state index is -0.561. The highest BCUT2D eigenvalue weighted by Crippen LogP contribution is 2.25. The molecule has 1 fully saturated rings. The maximum Gasteiger partial charge on any atom is 0.309 e. The number of hydrogen-bond donors (Lipinski definition) is 2. The van der Waals surface area contributed by atoms with Crippen molar-refractivity contribution >= 4 is 23.2 Å². The molecule has 5 nitrogen and oxygen atoms in total. The Labute approximate surface area is 164 Å². The summed E-state index contributed by atoms with van der Waals surface area (Å²) in [7, 11) is 0. The van der Waals surface area contributed by atoms with Gasteiger partial charge < -0.3 is 10.6 Å². The molecule has 2 N–H and O–H groups in total. The van der Waals surface area contributed by atoms with Gasteiger partial charge in [0.15, 0.2) is 0 Å². The van der Waals surface area contributed by atoms with Gasteiger partial charge >= 0.3 is 11.8 Å². The van der Waals surface area contributed by atoms with Gasteiger partial charge in [0.2, 0.25) is 0 Å². The van der Waals surface area contributed by atoms with Crippen LogP contribution in [0.1, 0.15) is 36.4 Å². The maximum atomic E-state index is 12.2. The van der Waals surface area contributed by atoms with Crippen molar-refractivity contribution in [3.63, 3.8) is 0 Å². The molecule has 27 heavy (non-hydrogen) atoms. The molecule has 1 unspecified atom stereocenters. The third-order valence-electron chi connectivity index (χ3n) is 4.96. The minimum Gasteiger partial charge on any atom is -0.348 e. The molecule has 1 aliphatic rings. The second-order valence-electron chi connectivity index (χ2n) is 6.87. The van der Waals surface area contributed by atoms with E-state index in [1.807, 2.05) is 30.3 Å². The fourth-order valence-electron chi connectivity index (χ4n) is 3.47. The van der Waals surface area contributed by atoms with E-state index in [2.05, 4.69) is 32.4 Å². The quantitative estimate of drug-likeness (QED) is 0.721. The molecule has 1 aliphatic heterocycles. The largest absolute Gasteiger partial charge is 0.348 e. The van der Waals surface area contributed by atoms with E-state index in [4.69, 9.17) is 0 Å². The van der Waals surface area contributed by atoms with Crippen LogP contribution in [0, 0.1) is 0 Å². The van der Waals surface area contributed by atoms with E-state index in [9.17, 15) is 9.59 Å². The van der Waals surface area contributed by atoms with Crippen LogP contribution in [0.3, 0.4) is 0 Å².